The van der Waals surface area contributed by atoms with Gasteiger partial charge in [-0.25, -0.2) is 4.90 Å². The number of rotatable bonds is 3. The van der Waals surface area contributed by atoms with Crippen LogP contribution in [0.4, 0.5) is 11.4 Å². The Bertz CT molecular complexity index is 1650. The van der Waals surface area contributed by atoms with Crippen molar-refractivity contribution in [1.82, 2.24) is 0 Å². The maximum Gasteiger partial charge on any atom is 0.241 e. The first-order valence-electron chi connectivity index (χ1n) is 13.8. The molecular weight excluding hydrogens is 540 g/mol. The summed E-state index contributed by atoms with van der Waals surface area (Å²) in [5, 5.41) is 10.9. The van der Waals surface area contributed by atoms with Crippen molar-refractivity contribution in [1.29, 1.82) is 0 Å². The fourth-order valence-electron chi connectivity index (χ4n) is 7.77. The van der Waals surface area contributed by atoms with Crippen LogP contribution in [0.2, 0.25) is 5.02 Å². The van der Waals surface area contributed by atoms with Crippen molar-refractivity contribution in [3.8, 4) is 5.75 Å². The molecule has 2 aliphatic carbocycles. The first-order valence-corrected chi connectivity index (χ1v) is 14.1. The van der Waals surface area contributed by atoms with Gasteiger partial charge in [0.25, 0.3) is 0 Å². The van der Waals surface area contributed by atoms with Crippen molar-refractivity contribution in [2.24, 2.45) is 29.1 Å². The van der Waals surface area contributed by atoms with Crippen molar-refractivity contribution in [2.45, 2.75) is 25.7 Å². The summed E-state index contributed by atoms with van der Waals surface area (Å²) < 4.78 is 0. The van der Waals surface area contributed by atoms with Crippen LogP contribution in [-0.4, -0.2) is 28.7 Å². The van der Waals surface area contributed by atoms with E-state index in [1.807, 2.05) is 25.1 Å². The van der Waals surface area contributed by atoms with Crippen LogP contribution >= 0.6 is 11.6 Å². The van der Waals surface area contributed by atoms with Crippen molar-refractivity contribution in [2.75, 3.05) is 9.80 Å². The van der Waals surface area contributed by atoms with Gasteiger partial charge < -0.3 is 5.11 Å². The number of hydrogen-bond donors (Lipinski definition) is 1. The average Bonchev–Trinajstić information content (AvgIpc) is 3.33. The summed E-state index contributed by atoms with van der Waals surface area (Å²) in [6.45, 7) is 1.83. The van der Waals surface area contributed by atoms with Crippen LogP contribution in [0.5, 0.6) is 5.75 Å². The Hall–Kier alpha value is -4.23. The van der Waals surface area contributed by atoms with Crippen LogP contribution in [0.1, 0.15) is 31.2 Å². The second-order valence-electron chi connectivity index (χ2n) is 11.6. The maximum absolute atomic E-state index is 14.3. The van der Waals surface area contributed by atoms with Crippen LogP contribution in [0.15, 0.2) is 90.5 Å². The lowest BCUT2D eigenvalue weighted by molar-refractivity contribution is -0.131. The summed E-state index contributed by atoms with van der Waals surface area (Å²) in [6.07, 6.45) is 2.63. The predicted molar refractivity (Wildman–Crippen MR) is 153 cm³/mol. The number of imide groups is 2. The highest BCUT2D eigenvalue weighted by Gasteiger charge is 2.67. The van der Waals surface area contributed by atoms with Crippen LogP contribution in [0.3, 0.4) is 0 Å². The average molecular weight is 567 g/mol. The SMILES string of the molecule is CC12C(=O)N(c3ccccc3)C(=O)C1CC1C(=CCC3C(=O)N(c4ccc(Cl)cc4)C(=O)C31)C2c1cccc(O)c1. The molecule has 2 saturated heterocycles. The molecule has 1 N–H and O–H groups in total. The van der Waals surface area contributed by atoms with Gasteiger partial charge in [0.15, 0.2) is 0 Å². The number of fused-ring (bicyclic) bond motifs is 4. The molecule has 7 rings (SSSR count). The molecule has 0 aromatic heterocycles. The molecule has 7 nitrogen and oxygen atoms in total. The molecule has 3 aromatic carbocycles. The minimum atomic E-state index is -1.14. The maximum atomic E-state index is 14.3. The number of carbonyl (C=O) groups is 4. The summed E-state index contributed by atoms with van der Waals surface area (Å²) in [7, 11) is 0. The first kappa shape index (κ1) is 25.7. The zero-order valence-electron chi connectivity index (χ0n) is 22.2. The zero-order valence-corrected chi connectivity index (χ0v) is 23.0. The predicted octanol–water partition coefficient (Wildman–Crippen LogP) is 5.48. The molecule has 3 fully saturated rings. The Kier molecular flexibility index (Phi) is 5.74. The molecule has 0 spiro atoms. The number of para-hydroxylation sites is 1. The summed E-state index contributed by atoms with van der Waals surface area (Å²) in [6, 6.07) is 22.3. The number of carbonyl (C=O) groups excluding carboxylic acids is 4. The van der Waals surface area contributed by atoms with Crippen LogP contribution < -0.4 is 9.80 Å². The van der Waals surface area contributed by atoms with Crippen LogP contribution in [0.25, 0.3) is 0 Å². The number of halogens is 1. The standard InChI is InChI=1S/C33H27ClN2O5/c1-33-26(30(39)36(32(33)41)20-7-3-2-4-8-20)17-25-23(28(33)18-6-5-9-22(37)16-18)14-15-24-27(25)31(40)35(29(24)38)21-12-10-19(34)11-13-21/h2-14,16,24-28,37H,15,17H2,1H3. The Balaban J connectivity index is 1.36. The van der Waals surface area contributed by atoms with Crippen LogP contribution in [0, 0.1) is 29.1 Å². The van der Waals surface area contributed by atoms with E-state index in [-0.39, 0.29) is 35.8 Å². The third kappa shape index (κ3) is 3.58. The van der Waals surface area contributed by atoms with E-state index in [9.17, 15) is 24.3 Å². The highest BCUT2D eigenvalue weighted by Crippen LogP contribution is 2.63. The lowest BCUT2D eigenvalue weighted by atomic mass is 9.51. The molecular formula is C33H27ClN2O5. The van der Waals surface area contributed by atoms with E-state index in [0.29, 0.717) is 28.4 Å². The molecule has 6 unspecified atom stereocenters. The topological polar surface area (TPSA) is 95.0 Å². The van der Waals surface area contributed by atoms with E-state index < -0.39 is 35.0 Å². The van der Waals surface area contributed by atoms with Gasteiger partial charge in [-0.2, -0.15) is 0 Å². The van der Waals surface area contributed by atoms with Gasteiger partial charge in [-0.3, -0.25) is 24.1 Å². The number of amides is 4. The van der Waals surface area contributed by atoms with Gasteiger partial charge in [0.05, 0.1) is 34.5 Å². The molecule has 206 valence electrons. The lowest BCUT2D eigenvalue weighted by Crippen LogP contribution is -2.48. The van der Waals surface area contributed by atoms with Gasteiger partial charge in [-0.05, 0) is 79.8 Å². The highest BCUT2D eigenvalue weighted by atomic mass is 35.5. The molecule has 6 atom stereocenters. The number of nitrogens with zero attached hydrogens (tertiary/aromatic N) is 2. The summed E-state index contributed by atoms with van der Waals surface area (Å²) in [5.74, 6) is -4.02. The molecule has 41 heavy (non-hydrogen) atoms. The van der Waals surface area contributed by atoms with Crippen molar-refractivity contribution < 1.29 is 24.3 Å². The number of hydrogen-bond acceptors (Lipinski definition) is 5. The summed E-state index contributed by atoms with van der Waals surface area (Å²) >= 11 is 6.06. The Morgan fingerprint density at radius 2 is 1.51 bits per heavy atom. The van der Waals surface area contributed by atoms with Gasteiger partial charge in [0, 0.05) is 10.9 Å². The van der Waals surface area contributed by atoms with Gasteiger partial charge in [0.2, 0.25) is 23.6 Å². The minimum Gasteiger partial charge on any atom is -0.508 e. The third-order valence-electron chi connectivity index (χ3n) is 9.58. The van der Waals surface area contributed by atoms with E-state index in [4.69, 9.17) is 11.6 Å². The number of phenols is 1. The van der Waals surface area contributed by atoms with E-state index in [0.717, 1.165) is 5.57 Å². The van der Waals surface area contributed by atoms with E-state index in [1.165, 1.54) is 9.80 Å². The Morgan fingerprint density at radius 3 is 2.22 bits per heavy atom. The minimum absolute atomic E-state index is 0.0526. The molecule has 4 amide bonds. The molecule has 2 aliphatic heterocycles. The van der Waals surface area contributed by atoms with Crippen molar-refractivity contribution >= 4 is 46.6 Å². The van der Waals surface area contributed by atoms with E-state index in [1.54, 1.807) is 66.7 Å². The normalized spacial score (nSPS) is 30.7. The van der Waals surface area contributed by atoms with Crippen molar-refractivity contribution in [3.63, 3.8) is 0 Å². The molecule has 0 radical (unpaired) electrons. The quantitative estimate of drug-likeness (QED) is 0.334. The summed E-state index contributed by atoms with van der Waals surface area (Å²) in [5.41, 5.74) is 1.41. The van der Waals surface area contributed by atoms with Gasteiger partial charge in [-0.1, -0.05) is 53.6 Å². The largest absolute Gasteiger partial charge is 0.508 e. The molecule has 2 heterocycles. The number of phenolic OH excluding ortho intramolecular Hbond substituents is 1. The van der Waals surface area contributed by atoms with Gasteiger partial charge in [0.1, 0.15) is 5.75 Å². The number of allylic oxidation sites excluding steroid dienone is 2. The van der Waals surface area contributed by atoms with E-state index >= 15 is 0 Å². The van der Waals surface area contributed by atoms with E-state index in [2.05, 4.69) is 0 Å². The molecule has 3 aromatic rings. The smallest absolute Gasteiger partial charge is 0.241 e. The van der Waals surface area contributed by atoms with Gasteiger partial charge in [-0.15, -0.1) is 0 Å². The second-order valence-corrected chi connectivity index (χ2v) is 12.0. The fourth-order valence-corrected chi connectivity index (χ4v) is 7.89. The fraction of sp³-hybridized carbons (Fsp3) is 0.273. The Labute approximate surface area is 242 Å². The molecule has 1 saturated carbocycles. The number of benzene rings is 3. The third-order valence-corrected chi connectivity index (χ3v) is 9.83. The van der Waals surface area contributed by atoms with Crippen LogP contribution in [-0.2, 0) is 19.2 Å². The number of aromatic hydroxyl groups is 1. The molecule has 8 heteroatoms. The number of anilines is 2. The zero-order chi connectivity index (χ0) is 28.6. The van der Waals surface area contributed by atoms with Crippen molar-refractivity contribution in [3.05, 3.63) is 101 Å². The summed E-state index contributed by atoms with van der Waals surface area (Å²) in [4.78, 5) is 58.6. The Morgan fingerprint density at radius 1 is 0.805 bits per heavy atom. The molecule has 4 aliphatic rings. The monoisotopic (exact) mass is 566 g/mol. The lowest BCUT2D eigenvalue weighted by Gasteiger charge is -2.49. The molecule has 0 bridgehead atoms. The second kappa shape index (κ2) is 9.14. The first-order chi connectivity index (χ1) is 19.7. The highest BCUT2D eigenvalue weighted by molar-refractivity contribution is 6.31. The van der Waals surface area contributed by atoms with Gasteiger partial charge >= 0.3 is 0 Å².